The largest absolute Gasteiger partial charge is 0.350 e. The number of aryl methyl sites for hydroxylation is 2. The van der Waals surface area contributed by atoms with Gasteiger partial charge in [0.2, 0.25) is 5.91 Å². The maximum atomic E-state index is 11.8. The molecule has 2 aromatic heterocycles. The molecule has 3 aromatic rings. The lowest BCUT2D eigenvalue weighted by atomic mass is 10.1. The third-order valence-electron chi connectivity index (χ3n) is 3.76. The molecule has 114 valence electrons. The topological polar surface area (TPSA) is 46.9 Å². The van der Waals surface area contributed by atoms with Gasteiger partial charge >= 0.3 is 0 Å². The van der Waals surface area contributed by atoms with Crippen molar-refractivity contribution in [3.05, 3.63) is 47.6 Å². The molecule has 1 amide bonds. The quantitative estimate of drug-likeness (QED) is 0.700. The molecule has 1 aromatic carbocycles. The van der Waals surface area contributed by atoms with Crippen LogP contribution in [-0.4, -0.2) is 15.5 Å². The van der Waals surface area contributed by atoms with Crippen LogP contribution in [0.15, 0.2) is 42.0 Å². The number of carbonyl (C=O) groups excluding carboxylic acids is 1. The standard InChI is InChI=1S/C17H19N3OS/c1-20-12-13(14-7-3-4-8-15(14)20)6-2-5-9-16(21)19-17-18-10-11-22-17/h3-4,7-8,10-12H,2,5-6,9H2,1H3,(H,18,19,21). The number of thiazole rings is 1. The highest BCUT2D eigenvalue weighted by Crippen LogP contribution is 2.22. The van der Waals surface area contributed by atoms with Crippen molar-refractivity contribution in [2.24, 2.45) is 7.05 Å². The normalized spacial score (nSPS) is 11.0. The summed E-state index contributed by atoms with van der Waals surface area (Å²) >= 11 is 1.45. The summed E-state index contributed by atoms with van der Waals surface area (Å²) in [6.07, 6.45) is 7.34. The lowest BCUT2D eigenvalue weighted by Gasteiger charge is -2.02. The van der Waals surface area contributed by atoms with E-state index in [-0.39, 0.29) is 5.91 Å². The molecule has 0 aliphatic rings. The molecule has 0 fully saturated rings. The van der Waals surface area contributed by atoms with Gasteiger partial charge in [0.25, 0.3) is 0 Å². The van der Waals surface area contributed by atoms with Gasteiger partial charge in [-0.2, -0.15) is 0 Å². The molecule has 0 atom stereocenters. The molecule has 5 heteroatoms. The molecule has 0 radical (unpaired) electrons. The molecule has 4 nitrogen and oxygen atoms in total. The van der Waals surface area contributed by atoms with Gasteiger partial charge < -0.3 is 9.88 Å². The number of amides is 1. The van der Waals surface area contributed by atoms with E-state index in [4.69, 9.17) is 0 Å². The van der Waals surface area contributed by atoms with Crippen LogP contribution < -0.4 is 5.32 Å². The Morgan fingerprint density at radius 1 is 1.32 bits per heavy atom. The molecule has 0 spiro atoms. The number of nitrogens with zero attached hydrogens (tertiary/aromatic N) is 2. The third kappa shape index (κ3) is 3.36. The van der Waals surface area contributed by atoms with E-state index >= 15 is 0 Å². The average Bonchev–Trinajstić information content (AvgIpc) is 3.13. The van der Waals surface area contributed by atoms with Crippen molar-refractivity contribution in [3.63, 3.8) is 0 Å². The van der Waals surface area contributed by atoms with E-state index in [1.54, 1.807) is 6.20 Å². The molecular weight excluding hydrogens is 294 g/mol. The van der Waals surface area contributed by atoms with Crippen molar-refractivity contribution in [2.75, 3.05) is 5.32 Å². The lowest BCUT2D eigenvalue weighted by Crippen LogP contribution is -2.10. The molecular formula is C17H19N3OS. The molecule has 0 aliphatic carbocycles. The van der Waals surface area contributed by atoms with E-state index in [0.717, 1.165) is 19.3 Å². The van der Waals surface area contributed by atoms with Gasteiger partial charge in [0, 0.05) is 42.1 Å². The molecule has 0 unspecified atom stereocenters. The number of para-hydroxylation sites is 1. The number of hydrogen-bond donors (Lipinski definition) is 1. The SMILES string of the molecule is Cn1cc(CCCCC(=O)Nc2nccs2)c2ccccc21. The van der Waals surface area contributed by atoms with Crippen molar-refractivity contribution < 1.29 is 4.79 Å². The summed E-state index contributed by atoms with van der Waals surface area (Å²) in [5.74, 6) is 0.0490. The van der Waals surface area contributed by atoms with E-state index in [0.29, 0.717) is 11.6 Å². The molecule has 0 aliphatic heterocycles. The van der Waals surface area contributed by atoms with Crippen molar-refractivity contribution in [3.8, 4) is 0 Å². The number of fused-ring (bicyclic) bond motifs is 1. The smallest absolute Gasteiger partial charge is 0.226 e. The maximum absolute atomic E-state index is 11.8. The molecule has 3 rings (SSSR count). The first-order chi connectivity index (χ1) is 10.7. The Bertz CT molecular complexity index is 761. The van der Waals surface area contributed by atoms with Gasteiger partial charge in [-0.15, -0.1) is 11.3 Å². The van der Waals surface area contributed by atoms with Gasteiger partial charge in [-0.1, -0.05) is 18.2 Å². The van der Waals surface area contributed by atoms with E-state index in [9.17, 15) is 4.79 Å². The Morgan fingerprint density at radius 3 is 3.00 bits per heavy atom. The summed E-state index contributed by atoms with van der Waals surface area (Å²) in [5.41, 5.74) is 2.62. The van der Waals surface area contributed by atoms with Gasteiger partial charge in [0.15, 0.2) is 5.13 Å². The van der Waals surface area contributed by atoms with Crippen LogP contribution in [0.3, 0.4) is 0 Å². The number of carbonyl (C=O) groups is 1. The maximum Gasteiger partial charge on any atom is 0.226 e. The highest BCUT2D eigenvalue weighted by Gasteiger charge is 2.07. The van der Waals surface area contributed by atoms with Crippen molar-refractivity contribution in [1.82, 2.24) is 9.55 Å². The number of benzene rings is 1. The second-order valence-electron chi connectivity index (χ2n) is 5.37. The van der Waals surface area contributed by atoms with E-state index in [1.165, 1.54) is 27.8 Å². The fourth-order valence-electron chi connectivity index (χ4n) is 2.69. The number of anilines is 1. The van der Waals surface area contributed by atoms with Gasteiger partial charge in [0.05, 0.1) is 0 Å². The summed E-state index contributed by atoms with van der Waals surface area (Å²) in [6.45, 7) is 0. The highest BCUT2D eigenvalue weighted by atomic mass is 32.1. The number of nitrogens with one attached hydrogen (secondary N) is 1. The monoisotopic (exact) mass is 313 g/mol. The second-order valence-corrected chi connectivity index (χ2v) is 6.27. The average molecular weight is 313 g/mol. The summed E-state index contributed by atoms with van der Waals surface area (Å²) in [5, 5.41) is 6.67. The van der Waals surface area contributed by atoms with Crippen LogP contribution >= 0.6 is 11.3 Å². The van der Waals surface area contributed by atoms with Crippen molar-refractivity contribution >= 4 is 33.3 Å². The first-order valence-corrected chi connectivity index (χ1v) is 8.34. The fraction of sp³-hybridized carbons (Fsp3) is 0.294. The molecule has 0 saturated carbocycles. The molecule has 2 heterocycles. The van der Waals surface area contributed by atoms with E-state index in [2.05, 4.69) is 52.4 Å². The molecule has 1 N–H and O–H groups in total. The second kappa shape index (κ2) is 6.75. The molecule has 22 heavy (non-hydrogen) atoms. The first-order valence-electron chi connectivity index (χ1n) is 7.46. The van der Waals surface area contributed by atoms with Crippen LogP contribution in [-0.2, 0) is 18.3 Å². The van der Waals surface area contributed by atoms with Crippen LogP contribution in [0.2, 0.25) is 0 Å². The minimum absolute atomic E-state index is 0.0490. The van der Waals surface area contributed by atoms with Crippen LogP contribution in [0, 0.1) is 0 Å². The third-order valence-corrected chi connectivity index (χ3v) is 4.45. The highest BCUT2D eigenvalue weighted by molar-refractivity contribution is 7.13. The first kappa shape index (κ1) is 14.8. The zero-order valence-electron chi connectivity index (χ0n) is 12.6. The van der Waals surface area contributed by atoms with Crippen LogP contribution in [0.5, 0.6) is 0 Å². The van der Waals surface area contributed by atoms with Crippen molar-refractivity contribution in [2.45, 2.75) is 25.7 Å². The lowest BCUT2D eigenvalue weighted by molar-refractivity contribution is -0.116. The summed E-state index contributed by atoms with van der Waals surface area (Å²) in [6, 6.07) is 8.45. The van der Waals surface area contributed by atoms with E-state index in [1.807, 2.05) is 5.38 Å². The Hall–Kier alpha value is -2.14. The predicted octanol–water partition coefficient (Wildman–Crippen LogP) is 3.99. The zero-order chi connectivity index (χ0) is 15.4. The van der Waals surface area contributed by atoms with Gasteiger partial charge in [-0.3, -0.25) is 4.79 Å². The Kier molecular flexibility index (Phi) is 4.53. The fourth-order valence-corrected chi connectivity index (χ4v) is 3.24. The van der Waals surface area contributed by atoms with Crippen LogP contribution in [0.25, 0.3) is 10.9 Å². The number of unbranched alkanes of at least 4 members (excludes halogenated alkanes) is 1. The number of hydrogen-bond acceptors (Lipinski definition) is 3. The summed E-state index contributed by atoms with van der Waals surface area (Å²) < 4.78 is 2.17. The molecule has 0 bridgehead atoms. The Morgan fingerprint density at radius 2 is 2.18 bits per heavy atom. The van der Waals surface area contributed by atoms with Gasteiger partial charge in [-0.05, 0) is 30.9 Å². The van der Waals surface area contributed by atoms with Gasteiger partial charge in [-0.25, -0.2) is 4.98 Å². The number of aromatic nitrogens is 2. The summed E-state index contributed by atoms with van der Waals surface area (Å²) in [7, 11) is 2.08. The molecule has 0 saturated heterocycles. The zero-order valence-corrected chi connectivity index (χ0v) is 13.4. The number of rotatable bonds is 6. The van der Waals surface area contributed by atoms with Crippen LogP contribution in [0.1, 0.15) is 24.8 Å². The van der Waals surface area contributed by atoms with Gasteiger partial charge in [0.1, 0.15) is 0 Å². The Labute approximate surface area is 133 Å². The summed E-state index contributed by atoms with van der Waals surface area (Å²) in [4.78, 5) is 15.8. The minimum Gasteiger partial charge on any atom is -0.350 e. The van der Waals surface area contributed by atoms with Crippen LogP contribution in [0.4, 0.5) is 5.13 Å². The van der Waals surface area contributed by atoms with E-state index < -0.39 is 0 Å². The van der Waals surface area contributed by atoms with Crippen molar-refractivity contribution in [1.29, 1.82) is 0 Å². The Balaban J connectivity index is 1.49. The predicted molar refractivity (Wildman–Crippen MR) is 91.2 cm³/mol. The minimum atomic E-state index is 0.0490.